The molecule has 2 aromatic rings. The Hall–Kier alpha value is -2.68. The third-order valence-electron chi connectivity index (χ3n) is 7.14. The van der Waals surface area contributed by atoms with Crippen molar-refractivity contribution in [3.8, 4) is 6.07 Å². The van der Waals surface area contributed by atoms with E-state index < -0.39 is 0 Å². The van der Waals surface area contributed by atoms with Crippen LogP contribution >= 0.6 is 0 Å². The molecule has 0 atom stereocenters. The fourth-order valence-electron chi connectivity index (χ4n) is 5.20. The van der Waals surface area contributed by atoms with Crippen LogP contribution in [0.2, 0.25) is 0 Å². The first-order chi connectivity index (χ1) is 16.2. The molecule has 0 bridgehead atoms. The maximum absolute atomic E-state index is 13.5. The average Bonchev–Trinajstić information content (AvgIpc) is 3.39. The smallest absolute Gasteiger partial charge is 0.254 e. The molecular formula is C28H36N4O. The fraction of sp³-hybridized carbons (Fsp3) is 0.500. The summed E-state index contributed by atoms with van der Waals surface area (Å²) in [5.74, 6) is 0.0776. The van der Waals surface area contributed by atoms with Crippen LogP contribution in [-0.4, -0.2) is 72.5 Å². The molecule has 0 spiro atoms. The first kappa shape index (κ1) is 23.5. The van der Waals surface area contributed by atoms with Gasteiger partial charge in [-0.15, -0.1) is 0 Å². The van der Waals surface area contributed by atoms with Crippen molar-refractivity contribution in [1.29, 1.82) is 5.26 Å². The van der Waals surface area contributed by atoms with E-state index in [9.17, 15) is 10.1 Å². The molecule has 2 aliphatic rings. The lowest BCUT2D eigenvalue weighted by molar-refractivity contribution is 0.0547. The van der Waals surface area contributed by atoms with E-state index in [-0.39, 0.29) is 11.9 Å². The van der Waals surface area contributed by atoms with Crippen LogP contribution < -0.4 is 0 Å². The largest absolute Gasteiger partial charge is 0.334 e. The van der Waals surface area contributed by atoms with Crippen LogP contribution in [0.5, 0.6) is 0 Å². The molecule has 0 aromatic heterocycles. The monoisotopic (exact) mass is 444 g/mol. The molecule has 4 rings (SSSR count). The summed E-state index contributed by atoms with van der Waals surface area (Å²) in [5.41, 5.74) is 2.60. The van der Waals surface area contributed by atoms with Crippen molar-refractivity contribution in [3.63, 3.8) is 0 Å². The molecule has 1 amide bonds. The molecule has 2 aliphatic heterocycles. The first-order valence-electron chi connectivity index (χ1n) is 12.5. The Morgan fingerprint density at radius 2 is 1.67 bits per heavy atom. The van der Waals surface area contributed by atoms with Crippen molar-refractivity contribution in [3.05, 3.63) is 71.3 Å². The average molecular weight is 445 g/mol. The Labute approximate surface area is 198 Å². The number of benzene rings is 2. The Bertz CT molecular complexity index is 924. The SMILES string of the molecule is N#Cc1cccc(C(=O)N(CCN2CCCC2)C2CCN(CCCc3ccccc3)CC2)c1. The summed E-state index contributed by atoms with van der Waals surface area (Å²) < 4.78 is 0. The number of carbonyl (C=O) groups excluding carboxylic acids is 1. The van der Waals surface area contributed by atoms with Gasteiger partial charge >= 0.3 is 0 Å². The van der Waals surface area contributed by atoms with E-state index in [1.54, 1.807) is 12.1 Å². The van der Waals surface area contributed by atoms with E-state index in [2.05, 4.69) is 51.1 Å². The number of piperidine rings is 1. The van der Waals surface area contributed by atoms with E-state index in [0.717, 1.165) is 65.1 Å². The predicted molar refractivity (Wildman–Crippen MR) is 132 cm³/mol. The molecular weight excluding hydrogens is 408 g/mol. The topological polar surface area (TPSA) is 50.6 Å². The second-order valence-corrected chi connectivity index (χ2v) is 9.40. The number of hydrogen-bond acceptors (Lipinski definition) is 4. The van der Waals surface area contributed by atoms with Gasteiger partial charge in [0.05, 0.1) is 11.6 Å². The lowest BCUT2D eigenvalue weighted by atomic mass is 10.0. The van der Waals surface area contributed by atoms with Gasteiger partial charge in [-0.2, -0.15) is 5.26 Å². The summed E-state index contributed by atoms with van der Waals surface area (Å²) in [6.45, 7) is 7.22. The van der Waals surface area contributed by atoms with Gasteiger partial charge in [0.25, 0.3) is 5.91 Å². The highest BCUT2D eigenvalue weighted by Gasteiger charge is 2.29. The number of rotatable bonds is 9. The number of hydrogen-bond donors (Lipinski definition) is 0. The van der Waals surface area contributed by atoms with Crippen molar-refractivity contribution in [2.75, 3.05) is 45.8 Å². The highest BCUT2D eigenvalue weighted by atomic mass is 16.2. The van der Waals surface area contributed by atoms with Crippen molar-refractivity contribution in [2.24, 2.45) is 0 Å². The van der Waals surface area contributed by atoms with Gasteiger partial charge in [0.1, 0.15) is 0 Å². The maximum atomic E-state index is 13.5. The number of likely N-dealkylation sites (tertiary alicyclic amines) is 2. The number of nitrogens with zero attached hydrogens (tertiary/aromatic N) is 4. The van der Waals surface area contributed by atoms with Crippen LogP contribution in [0.3, 0.4) is 0 Å². The van der Waals surface area contributed by atoms with Crippen LogP contribution in [0.15, 0.2) is 54.6 Å². The summed E-state index contributed by atoms with van der Waals surface area (Å²) >= 11 is 0. The Morgan fingerprint density at radius 3 is 2.39 bits per heavy atom. The van der Waals surface area contributed by atoms with E-state index >= 15 is 0 Å². The van der Waals surface area contributed by atoms with Crippen molar-refractivity contribution >= 4 is 5.91 Å². The third kappa shape index (κ3) is 6.66. The van der Waals surface area contributed by atoms with Gasteiger partial charge in [0, 0.05) is 37.8 Å². The summed E-state index contributed by atoms with van der Waals surface area (Å²) in [4.78, 5) is 20.7. The summed E-state index contributed by atoms with van der Waals surface area (Å²) in [7, 11) is 0. The summed E-state index contributed by atoms with van der Waals surface area (Å²) in [6, 6.07) is 20.3. The fourth-order valence-corrected chi connectivity index (χ4v) is 5.20. The Kier molecular flexibility index (Phi) is 8.52. The van der Waals surface area contributed by atoms with Gasteiger partial charge in [-0.1, -0.05) is 36.4 Å². The molecule has 2 heterocycles. The second-order valence-electron chi connectivity index (χ2n) is 9.40. The highest BCUT2D eigenvalue weighted by molar-refractivity contribution is 5.94. The molecule has 0 aliphatic carbocycles. The highest BCUT2D eigenvalue weighted by Crippen LogP contribution is 2.21. The zero-order valence-corrected chi connectivity index (χ0v) is 19.7. The molecule has 0 unspecified atom stereocenters. The van der Waals surface area contributed by atoms with Gasteiger partial charge < -0.3 is 14.7 Å². The predicted octanol–water partition coefficient (Wildman–Crippen LogP) is 4.19. The van der Waals surface area contributed by atoms with Gasteiger partial charge in [-0.25, -0.2) is 0 Å². The molecule has 2 fully saturated rings. The maximum Gasteiger partial charge on any atom is 0.254 e. The molecule has 2 saturated heterocycles. The van der Waals surface area contributed by atoms with Gasteiger partial charge in [-0.05, 0) is 81.9 Å². The zero-order chi connectivity index (χ0) is 22.9. The van der Waals surface area contributed by atoms with Crippen LogP contribution in [0, 0.1) is 11.3 Å². The summed E-state index contributed by atoms with van der Waals surface area (Å²) in [5, 5.41) is 9.26. The summed E-state index contributed by atoms with van der Waals surface area (Å²) in [6.07, 6.45) is 6.87. The van der Waals surface area contributed by atoms with Crippen molar-refractivity contribution < 1.29 is 4.79 Å². The van der Waals surface area contributed by atoms with Crippen LogP contribution in [0.4, 0.5) is 0 Å². The lowest BCUT2D eigenvalue weighted by Crippen LogP contribution is -2.49. The molecule has 0 radical (unpaired) electrons. The van der Waals surface area contributed by atoms with E-state index in [0.29, 0.717) is 11.1 Å². The molecule has 5 heteroatoms. The van der Waals surface area contributed by atoms with Gasteiger partial charge in [0.15, 0.2) is 0 Å². The normalized spacial score (nSPS) is 17.7. The number of aryl methyl sites for hydroxylation is 1. The minimum atomic E-state index is 0.0776. The lowest BCUT2D eigenvalue weighted by Gasteiger charge is -2.39. The molecule has 33 heavy (non-hydrogen) atoms. The Balaban J connectivity index is 1.34. The van der Waals surface area contributed by atoms with Crippen molar-refractivity contribution in [2.45, 2.75) is 44.6 Å². The quantitative estimate of drug-likeness (QED) is 0.582. The van der Waals surface area contributed by atoms with E-state index in [4.69, 9.17) is 0 Å². The van der Waals surface area contributed by atoms with Crippen LogP contribution in [-0.2, 0) is 6.42 Å². The van der Waals surface area contributed by atoms with Crippen molar-refractivity contribution in [1.82, 2.24) is 14.7 Å². The van der Waals surface area contributed by atoms with Gasteiger partial charge in [0.2, 0.25) is 0 Å². The number of amides is 1. The molecule has 0 saturated carbocycles. The standard InChI is InChI=1S/C28H36N4O/c29-23-25-10-6-12-26(22-25)28(33)32(21-20-30-15-4-5-16-30)27-13-18-31(19-14-27)17-7-11-24-8-2-1-3-9-24/h1-3,6,8-10,12,22,27H,4-5,7,11,13-21H2. The minimum Gasteiger partial charge on any atom is -0.334 e. The molecule has 2 aromatic carbocycles. The van der Waals surface area contributed by atoms with Gasteiger partial charge in [-0.3, -0.25) is 4.79 Å². The second kappa shape index (κ2) is 12.0. The van der Waals surface area contributed by atoms with Crippen LogP contribution in [0.25, 0.3) is 0 Å². The molecule has 174 valence electrons. The zero-order valence-electron chi connectivity index (χ0n) is 19.7. The number of carbonyl (C=O) groups is 1. The molecule has 5 nitrogen and oxygen atoms in total. The minimum absolute atomic E-state index is 0.0776. The Morgan fingerprint density at radius 1 is 0.939 bits per heavy atom. The molecule has 0 N–H and O–H groups in total. The van der Waals surface area contributed by atoms with Crippen LogP contribution in [0.1, 0.15) is 53.6 Å². The van der Waals surface area contributed by atoms with E-state index in [1.807, 2.05) is 12.1 Å². The van der Waals surface area contributed by atoms with E-state index in [1.165, 1.54) is 24.8 Å². The third-order valence-corrected chi connectivity index (χ3v) is 7.14. The first-order valence-corrected chi connectivity index (χ1v) is 12.5. The number of nitriles is 1.